The first-order valence-electron chi connectivity index (χ1n) is 8.67. The van der Waals surface area contributed by atoms with E-state index in [-0.39, 0.29) is 18.9 Å². The van der Waals surface area contributed by atoms with Gasteiger partial charge in [-0.2, -0.15) is 4.98 Å². The number of carboxylic acids is 1. The Morgan fingerprint density at radius 3 is 2.42 bits per heavy atom. The van der Waals surface area contributed by atoms with Crippen LogP contribution in [0, 0.1) is 5.92 Å². The smallest absolute Gasteiger partial charge is 0.308 e. The highest BCUT2D eigenvalue weighted by Crippen LogP contribution is 2.20. The molecule has 2 rings (SSSR count). The van der Waals surface area contributed by atoms with Gasteiger partial charge >= 0.3 is 5.97 Å². The minimum Gasteiger partial charge on any atom is -0.481 e. The number of amides is 1. The summed E-state index contributed by atoms with van der Waals surface area (Å²) in [6.45, 7) is 6.01. The lowest BCUT2D eigenvalue weighted by atomic mass is 10.0. The molecule has 1 amide bonds. The normalized spacial score (nSPS) is 12.2. The van der Waals surface area contributed by atoms with Crippen LogP contribution < -0.4 is 0 Å². The molecule has 0 spiro atoms. The molecule has 0 saturated carbocycles. The number of hydrogen-bond donors (Lipinski definition) is 1. The van der Waals surface area contributed by atoms with Crippen molar-refractivity contribution in [2.75, 3.05) is 13.6 Å². The molecule has 0 fully saturated rings. The predicted octanol–water partition coefficient (Wildman–Crippen LogP) is 2.97. The van der Waals surface area contributed by atoms with Crippen LogP contribution in [0.15, 0.2) is 28.8 Å². The van der Waals surface area contributed by atoms with Gasteiger partial charge in [0.15, 0.2) is 0 Å². The number of aromatic nitrogens is 2. The Kier molecular flexibility index (Phi) is 6.49. The lowest BCUT2D eigenvalue weighted by Crippen LogP contribution is -2.33. The Labute approximate surface area is 153 Å². The number of hydrogen-bond acceptors (Lipinski definition) is 5. The van der Waals surface area contributed by atoms with Crippen LogP contribution in [0.25, 0.3) is 11.4 Å². The van der Waals surface area contributed by atoms with E-state index in [1.807, 2.05) is 24.3 Å². The van der Waals surface area contributed by atoms with E-state index in [1.54, 1.807) is 14.0 Å². The molecule has 140 valence electrons. The number of carbonyl (C=O) groups is 2. The fourth-order valence-electron chi connectivity index (χ4n) is 2.49. The topological polar surface area (TPSA) is 96.5 Å². The van der Waals surface area contributed by atoms with Crippen LogP contribution in [0.1, 0.15) is 44.6 Å². The van der Waals surface area contributed by atoms with Crippen LogP contribution in [-0.2, 0) is 16.0 Å². The first-order valence-corrected chi connectivity index (χ1v) is 8.67. The Bertz CT molecular complexity index is 752. The molecule has 0 saturated heterocycles. The van der Waals surface area contributed by atoms with Gasteiger partial charge in [0.2, 0.25) is 17.6 Å². The van der Waals surface area contributed by atoms with Crippen LogP contribution in [0.3, 0.4) is 0 Å². The molecule has 7 nitrogen and oxygen atoms in total. The maximum Gasteiger partial charge on any atom is 0.308 e. The molecular weight excluding hydrogens is 334 g/mol. The Morgan fingerprint density at radius 2 is 1.85 bits per heavy atom. The molecule has 0 aliphatic rings. The van der Waals surface area contributed by atoms with Crippen molar-refractivity contribution in [2.45, 2.75) is 39.5 Å². The van der Waals surface area contributed by atoms with Crippen molar-refractivity contribution >= 4 is 11.9 Å². The van der Waals surface area contributed by atoms with Crippen LogP contribution in [-0.4, -0.2) is 45.6 Å². The highest BCUT2D eigenvalue weighted by atomic mass is 16.5. The molecular formula is C19H25N3O4. The van der Waals surface area contributed by atoms with Gasteiger partial charge in [-0.1, -0.05) is 50.2 Å². The van der Waals surface area contributed by atoms with Gasteiger partial charge in [-0.15, -0.1) is 0 Å². The van der Waals surface area contributed by atoms with E-state index in [4.69, 9.17) is 9.63 Å². The van der Waals surface area contributed by atoms with E-state index in [0.717, 1.165) is 5.56 Å². The quantitative estimate of drug-likeness (QED) is 0.778. The molecule has 1 heterocycles. The van der Waals surface area contributed by atoms with Gasteiger partial charge < -0.3 is 14.5 Å². The summed E-state index contributed by atoms with van der Waals surface area (Å²) in [5.41, 5.74) is 2.10. The number of benzene rings is 1. The zero-order valence-electron chi connectivity index (χ0n) is 15.6. The molecule has 0 aliphatic carbocycles. The van der Waals surface area contributed by atoms with Crippen molar-refractivity contribution in [3.8, 4) is 11.4 Å². The maximum atomic E-state index is 12.1. The second kappa shape index (κ2) is 8.60. The molecule has 7 heteroatoms. The third-order valence-electron chi connectivity index (χ3n) is 4.25. The molecule has 0 aliphatic heterocycles. The van der Waals surface area contributed by atoms with Gasteiger partial charge in [-0.3, -0.25) is 9.59 Å². The van der Waals surface area contributed by atoms with Crippen LogP contribution in [0.5, 0.6) is 0 Å². The monoisotopic (exact) mass is 359 g/mol. The molecule has 0 bridgehead atoms. The van der Waals surface area contributed by atoms with E-state index in [2.05, 4.69) is 24.0 Å². The summed E-state index contributed by atoms with van der Waals surface area (Å²) < 4.78 is 5.22. The second-order valence-corrected chi connectivity index (χ2v) is 6.80. The highest BCUT2D eigenvalue weighted by molar-refractivity contribution is 5.77. The number of nitrogens with zero attached hydrogens (tertiary/aromatic N) is 3. The number of carbonyl (C=O) groups excluding carboxylic acids is 1. The molecule has 1 aromatic heterocycles. The Morgan fingerprint density at radius 1 is 1.19 bits per heavy atom. The summed E-state index contributed by atoms with van der Waals surface area (Å²) in [5.74, 6) is -0.338. The Hall–Kier alpha value is -2.70. The molecule has 1 unspecified atom stereocenters. The van der Waals surface area contributed by atoms with E-state index in [0.29, 0.717) is 24.1 Å². The van der Waals surface area contributed by atoms with Crippen LogP contribution >= 0.6 is 0 Å². The Balaban J connectivity index is 1.91. The lowest BCUT2D eigenvalue weighted by Gasteiger charge is -2.18. The summed E-state index contributed by atoms with van der Waals surface area (Å²) >= 11 is 0. The standard InChI is InChI=1S/C19H25N3O4/c1-12(2)14-5-7-15(8-6-14)18-20-16(26-21-18)9-10-17(23)22(4)11-13(3)19(24)25/h5-8,12-13H,9-11H2,1-4H3,(H,24,25). The molecule has 1 N–H and O–H groups in total. The molecule has 1 aromatic carbocycles. The fraction of sp³-hybridized carbons (Fsp3) is 0.474. The first kappa shape index (κ1) is 19.6. The van der Waals surface area contributed by atoms with Gasteiger partial charge in [-0.05, 0) is 11.5 Å². The summed E-state index contributed by atoms with van der Waals surface area (Å²) in [5, 5.41) is 12.9. The van der Waals surface area contributed by atoms with Crippen molar-refractivity contribution < 1.29 is 19.2 Å². The SMILES string of the molecule is CC(CN(C)C(=O)CCc1nc(-c2ccc(C(C)C)cc2)no1)C(=O)O. The lowest BCUT2D eigenvalue weighted by molar-refractivity contribution is -0.142. The zero-order chi connectivity index (χ0) is 19.3. The van der Waals surface area contributed by atoms with Crippen molar-refractivity contribution in [3.63, 3.8) is 0 Å². The van der Waals surface area contributed by atoms with E-state index >= 15 is 0 Å². The second-order valence-electron chi connectivity index (χ2n) is 6.80. The van der Waals surface area contributed by atoms with Gasteiger partial charge in [0, 0.05) is 32.0 Å². The summed E-state index contributed by atoms with van der Waals surface area (Å²) in [7, 11) is 1.59. The number of aryl methyl sites for hydroxylation is 1. The average molecular weight is 359 g/mol. The minimum absolute atomic E-state index is 0.154. The molecule has 26 heavy (non-hydrogen) atoms. The third-order valence-corrected chi connectivity index (χ3v) is 4.25. The van der Waals surface area contributed by atoms with E-state index in [1.165, 1.54) is 10.5 Å². The summed E-state index contributed by atoms with van der Waals surface area (Å²) in [6.07, 6.45) is 0.512. The van der Waals surface area contributed by atoms with Gasteiger partial charge in [0.05, 0.1) is 5.92 Å². The number of rotatable bonds is 8. The largest absolute Gasteiger partial charge is 0.481 e. The number of carboxylic acid groups (broad SMARTS) is 1. The summed E-state index contributed by atoms with van der Waals surface area (Å²) in [6, 6.07) is 7.99. The van der Waals surface area contributed by atoms with Gasteiger partial charge in [0.1, 0.15) is 0 Å². The van der Waals surface area contributed by atoms with Crippen molar-refractivity contribution in [1.82, 2.24) is 15.0 Å². The third kappa shape index (κ3) is 5.15. The number of aliphatic carboxylic acids is 1. The minimum atomic E-state index is -0.922. The average Bonchev–Trinajstić information content (AvgIpc) is 3.08. The van der Waals surface area contributed by atoms with Crippen LogP contribution in [0.4, 0.5) is 0 Å². The highest BCUT2D eigenvalue weighted by Gasteiger charge is 2.18. The van der Waals surface area contributed by atoms with Gasteiger partial charge in [0.25, 0.3) is 0 Å². The summed E-state index contributed by atoms with van der Waals surface area (Å²) in [4.78, 5) is 28.7. The molecule has 2 aromatic rings. The zero-order valence-corrected chi connectivity index (χ0v) is 15.6. The van der Waals surface area contributed by atoms with Gasteiger partial charge in [-0.25, -0.2) is 0 Å². The van der Waals surface area contributed by atoms with E-state index < -0.39 is 11.9 Å². The van der Waals surface area contributed by atoms with Crippen molar-refractivity contribution in [3.05, 3.63) is 35.7 Å². The van der Waals surface area contributed by atoms with E-state index in [9.17, 15) is 9.59 Å². The maximum absolute atomic E-state index is 12.1. The predicted molar refractivity (Wildman–Crippen MR) is 96.6 cm³/mol. The fourth-order valence-corrected chi connectivity index (χ4v) is 2.49. The van der Waals surface area contributed by atoms with Crippen molar-refractivity contribution in [1.29, 1.82) is 0 Å². The van der Waals surface area contributed by atoms with Crippen molar-refractivity contribution in [2.24, 2.45) is 5.92 Å². The first-order chi connectivity index (χ1) is 12.3. The molecule has 1 atom stereocenters. The van der Waals surface area contributed by atoms with Crippen LogP contribution in [0.2, 0.25) is 0 Å². The molecule has 0 radical (unpaired) electrons.